The first-order valence-electron chi connectivity index (χ1n) is 10.8. The highest BCUT2D eigenvalue weighted by molar-refractivity contribution is 9.10. The molecule has 2 heterocycles. The van der Waals surface area contributed by atoms with Crippen LogP contribution in [0.3, 0.4) is 0 Å². The zero-order valence-corrected chi connectivity index (χ0v) is 22.0. The van der Waals surface area contributed by atoms with Gasteiger partial charge >= 0.3 is 6.18 Å². The monoisotopic (exact) mass is 597 g/mol. The quantitative estimate of drug-likeness (QED) is 0.329. The molecule has 2 aromatic heterocycles. The Morgan fingerprint density at radius 1 is 1.11 bits per heavy atom. The lowest BCUT2D eigenvalue weighted by Gasteiger charge is -2.17. The second kappa shape index (κ2) is 9.58. The summed E-state index contributed by atoms with van der Waals surface area (Å²) in [6.45, 7) is 4.59. The van der Waals surface area contributed by atoms with Crippen LogP contribution in [-0.4, -0.2) is 30.6 Å². The molecule has 2 aromatic carbocycles. The molecule has 1 amide bonds. The van der Waals surface area contributed by atoms with Crippen LogP contribution in [0, 0.1) is 6.92 Å². The van der Waals surface area contributed by atoms with E-state index in [2.05, 4.69) is 31.4 Å². The van der Waals surface area contributed by atoms with Gasteiger partial charge in [0.05, 0.1) is 32.0 Å². The third kappa shape index (κ3) is 5.41. The Morgan fingerprint density at radius 3 is 2.30 bits per heavy atom. The van der Waals surface area contributed by atoms with Crippen molar-refractivity contribution < 1.29 is 23.1 Å². The summed E-state index contributed by atoms with van der Waals surface area (Å²) in [6, 6.07) is 9.39. The number of nitrogens with zero attached hydrogens (tertiary/aromatic N) is 4. The maximum atomic E-state index is 12.9. The van der Waals surface area contributed by atoms with E-state index in [1.54, 1.807) is 45.0 Å². The predicted molar refractivity (Wildman–Crippen MR) is 136 cm³/mol. The lowest BCUT2D eigenvalue weighted by Crippen LogP contribution is -2.23. The SMILES string of the molecule is Cc1c(Br)c(=O)c2nn(-c3ccc(C(C)(C)O)cc3)nc2n1CC(=O)Nc1ccc(C(F)(F)F)cc1Cl. The molecular weight excluding hydrogens is 579 g/mol. The van der Waals surface area contributed by atoms with Gasteiger partial charge in [-0.15, -0.1) is 15.0 Å². The molecule has 0 atom stereocenters. The van der Waals surface area contributed by atoms with E-state index >= 15 is 0 Å². The smallest absolute Gasteiger partial charge is 0.386 e. The summed E-state index contributed by atoms with van der Waals surface area (Å²) >= 11 is 9.20. The fourth-order valence-electron chi connectivity index (χ4n) is 3.61. The van der Waals surface area contributed by atoms with E-state index in [4.69, 9.17) is 11.6 Å². The highest BCUT2D eigenvalue weighted by Crippen LogP contribution is 2.34. The maximum Gasteiger partial charge on any atom is 0.416 e. The van der Waals surface area contributed by atoms with E-state index in [0.717, 1.165) is 18.2 Å². The summed E-state index contributed by atoms with van der Waals surface area (Å²) in [5.74, 6) is -0.606. The van der Waals surface area contributed by atoms with Crippen molar-refractivity contribution in [2.75, 3.05) is 5.32 Å². The Balaban J connectivity index is 1.68. The third-order valence-corrected chi connectivity index (χ3v) is 6.91. The van der Waals surface area contributed by atoms with E-state index in [1.165, 1.54) is 9.36 Å². The van der Waals surface area contributed by atoms with E-state index in [1.807, 2.05) is 0 Å². The largest absolute Gasteiger partial charge is 0.416 e. The lowest BCUT2D eigenvalue weighted by molar-refractivity contribution is -0.137. The Labute approximate surface area is 221 Å². The van der Waals surface area contributed by atoms with E-state index < -0.39 is 28.7 Å². The first-order chi connectivity index (χ1) is 17.2. The summed E-state index contributed by atoms with van der Waals surface area (Å²) in [7, 11) is 0. The normalized spacial score (nSPS) is 12.2. The van der Waals surface area contributed by atoms with Crippen LogP contribution in [0.25, 0.3) is 16.9 Å². The number of anilines is 1. The molecule has 0 bridgehead atoms. The molecule has 0 saturated carbocycles. The van der Waals surface area contributed by atoms with Gasteiger partial charge in [0.2, 0.25) is 11.3 Å². The van der Waals surface area contributed by atoms with Crippen molar-refractivity contribution in [2.24, 2.45) is 0 Å². The van der Waals surface area contributed by atoms with Crippen LogP contribution in [-0.2, 0) is 23.1 Å². The van der Waals surface area contributed by atoms with Crippen molar-refractivity contribution in [3.05, 3.63) is 79.0 Å². The molecule has 4 rings (SSSR count). The van der Waals surface area contributed by atoms with Crippen molar-refractivity contribution in [3.63, 3.8) is 0 Å². The van der Waals surface area contributed by atoms with Gasteiger partial charge in [0.25, 0.3) is 0 Å². The number of fused-ring (bicyclic) bond motifs is 1. The molecule has 0 aliphatic carbocycles. The van der Waals surface area contributed by atoms with Gasteiger partial charge in [0.15, 0.2) is 11.2 Å². The van der Waals surface area contributed by atoms with E-state index in [-0.39, 0.29) is 32.9 Å². The minimum absolute atomic E-state index is 0.00391. The number of rotatable bonds is 5. The highest BCUT2D eigenvalue weighted by atomic mass is 79.9. The average Bonchev–Trinajstić information content (AvgIpc) is 3.26. The molecule has 13 heteroatoms. The van der Waals surface area contributed by atoms with E-state index in [0.29, 0.717) is 16.9 Å². The standard InChI is InChI=1S/C24H20BrClF3N5O3/c1-12-19(25)21(36)20-22(32-34(31-20)15-7-4-13(5-8-15)23(2,3)37)33(12)11-18(35)30-17-9-6-14(10-16(17)26)24(27,28)29/h4-10,37H,11H2,1-3H3,(H,30,35). The number of halogens is 5. The Hall–Kier alpha value is -3.22. The minimum Gasteiger partial charge on any atom is -0.386 e. The Bertz CT molecular complexity index is 1570. The number of hydrogen-bond acceptors (Lipinski definition) is 5. The number of pyridine rings is 1. The van der Waals surface area contributed by atoms with Gasteiger partial charge in [-0.1, -0.05) is 23.7 Å². The maximum absolute atomic E-state index is 12.9. The van der Waals surface area contributed by atoms with E-state index in [9.17, 15) is 27.9 Å². The molecule has 37 heavy (non-hydrogen) atoms. The third-order valence-electron chi connectivity index (χ3n) is 5.67. The number of nitrogens with one attached hydrogen (secondary N) is 1. The number of hydrogen-bond donors (Lipinski definition) is 2. The average molecular weight is 599 g/mol. The molecule has 2 N–H and O–H groups in total. The minimum atomic E-state index is -4.57. The van der Waals surface area contributed by atoms with Crippen molar-refractivity contribution in [3.8, 4) is 5.69 Å². The topological polar surface area (TPSA) is 102 Å². The van der Waals surface area contributed by atoms with Crippen LogP contribution in [0.5, 0.6) is 0 Å². The van der Waals surface area contributed by atoms with Crippen LogP contribution in [0.2, 0.25) is 5.02 Å². The number of benzene rings is 2. The number of aromatic nitrogens is 4. The van der Waals surface area contributed by atoms with Crippen LogP contribution >= 0.6 is 27.5 Å². The highest BCUT2D eigenvalue weighted by Gasteiger charge is 2.31. The molecule has 0 spiro atoms. The lowest BCUT2D eigenvalue weighted by atomic mass is 9.98. The number of amides is 1. The molecular formula is C24H20BrClF3N5O3. The predicted octanol–water partition coefficient (Wildman–Crippen LogP) is 5.19. The van der Waals surface area contributed by atoms with Gasteiger partial charge < -0.3 is 15.0 Å². The summed E-state index contributed by atoms with van der Waals surface area (Å²) in [6.07, 6.45) is -4.57. The summed E-state index contributed by atoms with van der Waals surface area (Å²) in [4.78, 5) is 26.9. The molecule has 0 fully saturated rings. The van der Waals surface area contributed by atoms with Gasteiger partial charge in [-0.25, -0.2) is 0 Å². The second-order valence-corrected chi connectivity index (χ2v) is 10.0. The van der Waals surface area contributed by atoms with Crippen molar-refractivity contribution in [1.82, 2.24) is 19.6 Å². The molecule has 194 valence electrons. The first-order valence-corrected chi connectivity index (χ1v) is 12.0. The summed E-state index contributed by atoms with van der Waals surface area (Å²) in [5, 5.41) is 21.1. The van der Waals surface area contributed by atoms with Gasteiger partial charge in [-0.3, -0.25) is 9.59 Å². The molecule has 0 saturated heterocycles. The van der Waals surface area contributed by atoms with Gasteiger partial charge in [0.1, 0.15) is 6.54 Å². The number of aliphatic hydroxyl groups is 1. The molecule has 8 nitrogen and oxygen atoms in total. The number of alkyl halides is 3. The Morgan fingerprint density at radius 2 is 1.73 bits per heavy atom. The fourth-order valence-corrected chi connectivity index (χ4v) is 4.24. The fraction of sp³-hybridized carbons (Fsp3) is 0.250. The molecule has 0 radical (unpaired) electrons. The van der Waals surface area contributed by atoms with Gasteiger partial charge in [-0.05, 0) is 72.6 Å². The zero-order valence-electron chi connectivity index (χ0n) is 19.7. The van der Waals surface area contributed by atoms with Crippen molar-refractivity contribution >= 4 is 50.3 Å². The Kier molecular flexibility index (Phi) is 6.95. The van der Waals surface area contributed by atoms with Gasteiger partial charge in [-0.2, -0.15) is 13.2 Å². The molecule has 0 aliphatic rings. The van der Waals surface area contributed by atoms with Crippen LogP contribution in [0.1, 0.15) is 30.7 Å². The van der Waals surface area contributed by atoms with Crippen LogP contribution in [0.4, 0.5) is 18.9 Å². The van der Waals surface area contributed by atoms with Gasteiger partial charge in [0, 0.05) is 5.69 Å². The zero-order chi connectivity index (χ0) is 27.3. The number of carbonyl (C=O) groups excluding carboxylic acids is 1. The van der Waals surface area contributed by atoms with Crippen molar-refractivity contribution in [1.29, 1.82) is 0 Å². The summed E-state index contributed by atoms with van der Waals surface area (Å²) in [5.41, 5.74) is -0.680. The van der Waals surface area contributed by atoms with Crippen molar-refractivity contribution in [2.45, 2.75) is 39.1 Å². The molecule has 4 aromatic rings. The molecule has 0 unspecified atom stereocenters. The van der Waals surface area contributed by atoms with Crippen LogP contribution < -0.4 is 10.7 Å². The second-order valence-electron chi connectivity index (χ2n) is 8.82. The first kappa shape index (κ1) is 26.8. The van der Waals surface area contributed by atoms with Crippen LogP contribution in [0.15, 0.2) is 51.7 Å². The number of carbonyl (C=O) groups is 1. The summed E-state index contributed by atoms with van der Waals surface area (Å²) < 4.78 is 40.4. The molecule has 0 aliphatic heterocycles.